The molecule has 0 aromatic carbocycles. The molecule has 0 aliphatic heterocycles. The fraction of sp³-hybridized carbons (Fsp3) is 0.917. The average Bonchev–Trinajstić information content (AvgIpc) is 2.73. The highest BCUT2D eigenvalue weighted by Gasteiger charge is 2.20. The number of rotatable bonds is 22. The number of nitriles is 2. The normalized spacial score (nSPS) is 11.5. The third-order valence-corrected chi connectivity index (χ3v) is 7.50. The number of unbranched alkanes of at least 4 members (excludes halogenated alkanes) is 15. The van der Waals surface area contributed by atoms with Crippen LogP contribution in [0, 0.1) is 22.7 Å². The van der Waals surface area contributed by atoms with Gasteiger partial charge in [-0.25, -0.2) is 12.7 Å². The van der Waals surface area contributed by atoms with Gasteiger partial charge in [0.05, 0.1) is 17.9 Å². The molecule has 0 amide bonds. The van der Waals surface area contributed by atoms with Crippen molar-refractivity contribution in [3.63, 3.8) is 0 Å². The van der Waals surface area contributed by atoms with Gasteiger partial charge in [-0.05, 0) is 32.1 Å². The van der Waals surface area contributed by atoms with Crippen LogP contribution in [-0.2, 0) is 10.0 Å². The summed E-state index contributed by atoms with van der Waals surface area (Å²) in [6.07, 6.45) is 17.9. The van der Waals surface area contributed by atoms with Crippen molar-refractivity contribution in [2.45, 2.75) is 122 Å². The van der Waals surface area contributed by atoms with Gasteiger partial charge in [0.2, 0.25) is 10.0 Å². The smallest absolute Gasteiger partial charge is 0.212 e. The molecule has 0 aromatic rings. The van der Waals surface area contributed by atoms with Crippen LogP contribution in [0.1, 0.15) is 122 Å². The summed E-state index contributed by atoms with van der Waals surface area (Å²) in [7, 11) is -3.15. The van der Waals surface area contributed by atoms with E-state index in [-0.39, 0.29) is 5.75 Å². The maximum Gasteiger partial charge on any atom is 0.214 e. The van der Waals surface area contributed by atoms with E-state index < -0.39 is 10.0 Å². The van der Waals surface area contributed by atoms with Crippen LogP contribution in [0.2, 0.25) is 0 Å². The Balaban J connectivity index is 4.24. The Hall–Kier alpha value is -1.11. The highest BCUT2D eigenvalue weighted by atomic mass is 32.2. The van der Waals surface area contributed by atoms with E-state index in [0.717, 1.165) is 103 Å². The summed E-state index contributed by atoms with van der Waals surface area (Å²) in [5.74, 6) is 0.287. The van der Waals surface area contributed by atoms with Crippen LogP contribution in [-0.4, -0.2) is 31.6 Å². The summed E-state index contributed by atoms with van der Waals surface area (Å²) in [5, 5.41) is 17.1. The van der Waals surface area contributed by atoms with Crippen LogP contribution >= 0.6 is 0 Å². The van der Waals surface area contributed by atoms with E-state index in [1.165, 1.54) is 0 Å². The maximum absolute atomic E-state index is 12.8. The Kier molecular flexibility index (Phi) is 20.4. The molecule has 0 spiro atoms. The van der Waals surface area contributed by atoms with Gasteiger partial charge >= 0.3 is 0 Å². The Morgan fingerprint density at radius 2 is 1.00 bits per heavy atom. The summed E-state index contributed by atoms with van der Waals surface area (Å²) in [4.78, 5) is 0. The molecule has 0 N–H and O–H groups in total. The van der Waals surface area contributed by atoms with Crippen molar-refractivity contribution < 1.29 is 8.42 Å². The van der Waals surface area contributed by atoms with Gasteiger partial charge in [-0.15, -0.1) is 0 Å². The second-order valence-corrected chi connectivity index (χ2v) is 10.4. The monoisotopic (exact) mass is 439 g/mol. The van der Waals surface area contributed by atoms with Crippen molar-refractivity contribution in [3.05, 3.63) is 0 Å². The summed E-state index contributed by atoms with van der Waals surface area (Å²) >= 11 is 0. The molecule has 0 aromatic heterocycles. The first-order valence-corrected chi connectivity index (χ1v) is 13.9. The Labute approximate surface area is 186 Å². The van der Waals surface area contributed by atoms with E-state index in [1.807, 2.05) is 0 Å². The van der Waals surface area contributed by atoms with Crippen LogP contribution in [0.5, 0.6) is 0 Å². The first-order chi connectivity index (χ1) is 14.6. The molecule has 0 unspecified atom stereocenters. The number of hydrogen-bond acceptors (Lipinski definition) is 4. The highest BCUT2D eigenvalue weighted by molar-refractivity contribution is 7.89. The summed E-state index contributed by atoms with van der Waals surface area (Å²) in [5.41, 5.74) is 0. The summed E-state index contributed by atoms with van der Waals surface area (Å²) in [6, 6.07) is 4.36. The third kappa shape index (κ3) is 17.7. The molecule has 6 heteroatoms. The zero-order valence-electron chi connectivity index (χ0n) is 19.4. The van der Waals surface area contributed by atoms with E-state index in [0.29, 0.717) is 25.9 Å². The zero-order chi connectivity index (χ0) is 22.3. The van der Waals surface area contributed by atoms with Gasteiger partial charge in [-0.3, -0.25) is 0 Å². The molecule has 0 heterocycles. The second kappa shape index (κ2) is 21.1. The fourth-order valence-corrected chi connectivity index (χ4v) is 5.27. The molecular formula is C24H45N3O2S. The van der Waals surface area contributed by atoms with Crippen molar-refractivity contribution in [3.8, 4) is 12.1 Å². The minimum atomic E-state index is -3.15. The SMILES string of the molecule is CCCCCCS(=O)(=O)N(CCCCCCCCC#N)CCCCCCCCC#N. The first kappa shape index (κ1) is 28.9. The minimum Gasteiger partial charge on any atom is -0.212 e. The molecule has 0 aliphatic rings. The van der Waals surface area contributed by atoms with Gasteiger partial charge in [-0.2, -0.15) is 10.5 Å². The summed E-state index contributed by atoms with van der Waals surface area (Å²) < 4.78 is 27.4. The summed E-state index contributed by atoms with van der Waals surface area (Å²) in [6.45, 7) is 3.44. The van der Waals surface area contributed by atoms with Gasteiger partial charge in [-0.1, -0.05) is 77.6 Å². The van der Waals surface area contributed by atoms with Crippen LogP contribution < -0.4 is 0 Å². The van der Waals surface area contributed by atoms with Crippen molar-refractivity contribution in [2.24, 2.45) is 0 Å². The van der Waals surface area contributed by atoms with Crippen LogP contribution in [0.4, 0.5) is 0 Å². The maximum atomic E-state index is 12.8. The lowest BCUT2D eigenvalue weighted by atomic mass is 10.1. The lowest BCUT2D eigenvalue weighted by molar-refractivity contribution is 0.382. The number of nitrogens with zero attached hydrogens (tertiary/aromatic N) is 3. The Morgan fingerprint density at radius 1 is 0.600 bits per heavy atom. The first-order valence-electron chi connectivity index (χ1n) is 12.3. The van der Waals surface area contributed by atoms with Gasteiger partial charge in [0.15, 0.2) is 0 Å². The standard InChI is InChI=1S/C24H45N3O2S/c1-2-3-4-19-24-30(28,29)27(22-17-13-9-5-7-11-15-20-25)23-18-14-10-6-8-12-16-21-26/h2-19,22-24H2,1H3. The third-order valence-electron chi connectivity index (χ3n) is 5.54. The van der Waals surface area contributed by atoms with Gasteiger partial charge in [0, 0.05) is 25.9 Å². The molecular weight excluding hydrogens is 394 g/mol. The molecule has 0 saturated heterocycles. The van der Waals surface area contributed by atoms with E-state index in [2.05, 4.69) is 19.1 Å². The van der Waals surface area contributed by atoms with Gasteiger partial charge in [0.25, 0.3) is 0 Å². The Bertz CT molecular complexity index is 534. The van der Waals surface area contributed by atoms with E-state index in [1.54, 1.807) is 4.31 Å². The van der Waals surface area contributed by atoms with Crippen molar-refractivity contribution in [1.29, 1.82) is 10.5 Å². The zero-order valence-corrected chi connectivity index (χ0v) is 20.2. The topological polar surface area (TPSA) is 85.0 Å². The molecule has 0 fully saturated rings. The van der Waals surface area contributed by atoms with Crippen molar-refractivity contribution >= 4 is 10.0 Å². The molecule has 0 atom stereocenters. The van der Waals surface area contributed by atoms with E-state index in [4.69, 9.17) is 10.5 Å². The average molecular weight is 440 g/mol. The van der Waals surface area contributed by atoms with Crippen molar-refractivity contribution in [1.82, 2.24) is 4.31 Å². The molecule has 5 nitrogen and oxygen atoms in total. The quantitative estimate of drug-likeness (QED) is 0.175. The number of hydrogen-bond donors (Lipinski definition) is 0. The molecule has 0 bridgehead atoms. The molecule has 174 valence electrons. The molecule has 0 aliphatic carbocycles. The van der Waals surface area contributed by atoms with Crippen LogP contribution in [0.3, 0.4) is 0 Å². The van der Waals surface area contributed by atoms with Gasteiger partial charge in [0.1, 0.15) is 0 Å². The van der Waals surface area contributed by atoms with E-state index in [9.17, 15) is 8.42 Å². The highest BCUT2D eigenvalue weighted by Crippen LogP contribution is 2.14. The molecule has 0 saturated carbocycles. The Morgan fingerprint density at radius 3 is 1.43 bits per heavy atom. The molecule has 0 radical (unpaired) electrons. The number of sulfonamides is 1. The van der Waals surface area contributed by atoms with Crippen LogP contribution in [0.15, 0.2) is 0 Å². The lowest BCUT2D eigenvalue weighted by Gasteiger charge is -2.22. The molecule has 30 heavy (non-hydrogen) atoms. The second-order valence-electron chi connectivity index (χ2n) is 8.33. The van der Waals surface area contributed by atoms with Crippen molar-refractivity contribution in [2.75, 3.05) is 18.8 Å². The predicted molar refractivity (Wildman–Crippen MR) is 125 cm³/mol. The van der Waals surface area contributed by atoms with Crippen LogP contribution in [0.25, 0.3) is 0 Å². The fourth-order valence-electron chi connectivity index (χ4n) is 3.63. The predicted octanol–water partition coefficient (Wildman–Crippen LogP) is 6.71. The molecule has 0 rings (SSSR count). The minimum absolute atomic E-state index is 0.287. The lowest BCUT2D eigenvalue weighted by Crippen LogP contribution is -2.35. The van der Waals surface area contributed by atoms with E-state index >= 15 is 0 Å². The largest absolute Gasteiger partial charge is 0.214 e. The van der Waals surface area contributed by atoms with Gasteiger partial charge < -0.3 is 0 Å².